The zero-order valence-corrected chi connectivity index (χ0v) is 10.2. The van der Waals surface area contributed by atoms with Crippen molar-refractivity contribution in [2.45, 2.75) is 38.1 Å². The van der Waals surface area contributed by atoms with Gasteiger partial charge >= 0.3 is 0 Å². The van der Waals surface area contributed by atoms with E-state index in [9.17, 15) is 5.11 Å². The maximum Gasteiger partial charge on any atom is 0.0994 e. The van der Waals surface area contributed by atoms with Crippen molar-refractivity contribution >= 4 is 5.69 Å². The minimum atomic E-state index is -0.152. The van der Waals surface area contributed by atoms with Crippen LogP contribution < -0.4 is 5.32 Å². The van der Waals surface area contributed by atoms with Gasteiger partial charge in [0.1, 0.15) is 0 Å². The van der Waals surface area contributed by atoms with Gasteiger partial charge in [-0.05, 0) is 43.5 Å². The molecule has 17 heavy (non-hydrogen) atoms. The summed E-state index contributed by atoms with van der Waals surface area (Å²) in [5.74, 6) is 0. The van der Waals surface area contributed by atoms with Crippen molar-refractivity contribution in [2.75, 3.05) is 11.9 Å². The first-order valence-electron chi connectivity index (χ1n) is 6.09. The summed E-state index contributed by atoms with van der Waals surface area (Å²) >= 11 is 0. The molecule has 0 unspecified atom stereocenters. The summed E-state index contributed by atoms with van der Waals surface area (Å²) in [6, 6.07) is 7.89. The second-order valence-electron chi connectivity index (χ2n) is 4.91. The minimum Gasteiger partial charge on any atom is -0.394 e. The van der Waals surface area contributed by atoms with E-state index in [4.69, 9.17) is 5.26 Å². The first-order valence-corrected chi connectivity index (χ1v) is 6.09. The lowest BCUT2D eigenvalue weighted by molar-refractivity contribution is 0.214. The Hall–Kier alpha value is -1.53. The molecule has 3 heteroatoms. The van der Waals surface area contributed by atoms with Gasteiger partial charge in [0.25, 0.3) is 0 Å². The molecule has 1 aromatic carbocycles. The molecule has 0 atom stereocenters. The Morgan fingerprint density at radius 1 is 1.41 bits per heavy atom. The minimum absolute atomic E-state index is 0.152. The normalized spacial score (nSPS) is 17.7. The van der Waals surface area contributed by atoms with Crippen molar-refractivity contribution in [1.29, 1.82) is 5.26 Å². The van der Waals surface area contributed by atoms with Gasteiger partial charge in [0.05, 0.1) is 23.8 Å². The highest BCUT2D eigenvalue weighted by atomic mass is 16.3. The van der Waals surface area contributed by atoms with Gasteiger partial charge in [-0.25, -0.2) is 0 Å². The van der Waals surface area contributed by atoms with E-state index >= 15 is 0 Å². The molecule has 1 fully saturated rings. The van der Waals surface area contributed by atoms with Crippen LogP contribution in [0.25, 0.3) is 0 Å². The standard InChI is InChI=1S/C14H18N2O/c1-11-8-13(5-4-12(11)9-15)16-14(10-17)6-2-3-7-14/h4-5,8,16-17H,2-3,6-7,10H2,1H3. The SMILES string of the molecule is Cc1cc(NC2(CO)CCCC2)ccc1C#N. The third-order valence-corrected chi connectivity index (χ3v) is 3.62. The van der Waals surface area contributed by atoms with E-state index in [0.29, 0.717) is 5.56 Å². The molecule has 1 aliphatic rings. The van der Waals surface area contributed by atoms with Crippen molar-refractivity contribution in [3.63, 3.8) is 0 Å². The molecule has 0 amide bonds. The smallest absolute Gasteiger partial charge is 0.0994 e. The van der Waals surface area contributed by atoms with E-state index < -0.39 is 0 Å². The monoisotopic (exact) mass is 230 g/mol. The fraction of sp³-hybridized carbons (Fsp3) is 0.500. The number of aryl methyl sites for hydroxylation is 1. The average molecular weight is 230 g/mol. The zero-order chi connectivity index (χ0) is 12.3. The number of rotatable bonds is 3. The van der Waals surface area contributed by atoms with Gasteiger partial charge in [0, 0.05) is 5.69 Å². The lowest BCUT2D eigenvalue weighted by atomic mass is 9.98. The quantitative estimate of drug-likeness (QED) is 0.839. The Bertz CT molecular complexity index is 442. The van der Waals surface area contributed by atoms with Crippen LogP contribution in [0, 0.1) is 18.3 Å². The predicted molar refractivity (Wildman–Crippen MR) is 67.8 cm³/mol. The number of hydrogen-bond acceptors (Lipinski definition) is 3. The van der Waals surface area contributed by atoms with Crippen molar-refractivity contribution in [3.05, 3.63) is 29.3 Å². The van der Waals surface area contributed by atoms with E-state index in [1.807, 2.05) is 25.1 Å². The number of nitrogens with zero attached hydrogens (tertiary/aromatic N) is 1. The predicted octanol–water partition coefficient (Wildman–Crippen LogP) is 2.58. The Balaban J connectivity index is 2.19. The van der Waals surface area contributed by atoms with Gasteiger partial charge < -0.3 is 10.4 Å². The Morgan fingerprint density at radius 2 is 2.12 bits per heavy atom. The lowest BCUT2D eigenvalue weighted by Crippen LogP contribution is -2.38. The zero-order valence-electron chi connectivity index (χ0n) is 10.2. The number of aliphatic hydroxyl groups excluding tert-OH is 1. The molecule has 1 aliphatic carbocycles. The molecule has 1 saturated carbocycles. The number of anilines is 1. The van der Waals surface area contributed by atoms with Crippen LogP contribution in [0.2, 0.25) is 0 Å². The molecule has 0 aromatic heterocycles. The summed E-state index contributed by atoms with van der Waals surface area (Å²) in [6.07, 6.45) is 4.37. The van der Waals surface area contributed by atoms with Gasteiger partial charge in [0.15, 0.2) is 0 Å². The van der Waals surface area contributed by atoms with Crippen LogP contribution in [0.5, 0.6) is 0 Å². The third-order valence-electron chi connectivity index (χ3n) is 3.62. The molecule has 1 aromatic rings. The van der Waals surface area contributed by atoms with E-state index in [-0.39, 0.29) is 12.1 Å². The van der Waals surface area contributed by atoms with Gasteiger partial charge in [-0.15, -0.1) is 0 Å². The van der Waals surface area contributed by atoms with Crippen LogP contribution in [0.3, 0.4) is 0 Å². The summed E-state index contributed by atoms with van der Waals surface area (Å²) in [4.78, 5) is 0. The van der Waals surface area contributed by atoms with Crippen molar-refractivity contribution in [1.82, 2.24) is 0 Å². The molecule has 0 saturated heterocycles. The van der Waals surface area contributed by atoms with Crippen LogP contribution in [0.1, 0.15) is 36.8 Å². The molecule has 2 N–H and O–H groups in total. The number of benzene rings is 1. The summed E-state index contributed by atoms with van der Waals surface area (Å²) in [6.45, 7) is 2.11. The lowest BCUT2D eigenvalue weighted by Gasteiger charge is -2.29. The average Bonchev–Trinajstić information content (AvgIpc) is 2.79. The third kappa shape index (κ3) is 2.42. The van der Waals surface area contributed by atoms with Gasteiger partial charge in [-0.2, -0.15) is 5.26 Å². The molecular weight excluding hydrogens is 212 g/mol. The van der Waals surface area contributed by atoms with Crippen molar-refractivity contribution in [3.8, 4) is 6.07 Å². The second-order valence-corrected chi connectivity index (χ2v) is 4.91. The number of aliphatic hydroxyl groups is 1. The van der Waals surface area contributed by atoms with Gasteiger partial charge in [-0.3, -0.25) is 0 Å². The maximum atomic E-state index is 9.53. The molecule has 0 aliphatic heterocycles. The van der Waals surface area contributed by atoms with Crippen LogP contribution in [0.15, 0.2) is 18.2 Å². The van der Waals surface area contributed by atoms with E-state index in [0.717, 1.165) is 24.1 Å². The highest BCUT2D eigenvalue weighted by molar-refractivity contribution is 5.53. The van der Waals surface area contributed by atoms with Gasteiger partial charge in [-0.1, -0.05) is 12.8 Å². The van der Waals surface area contributed by atoms with Crippen LogP contribution >= 0.6 is 0 Å². The van der Waals surface area contributed by atoms with E-state index in [2.05, 4.69) is 11.4 Å². The molecule has 90 valence electrons. The Kier molecular flexibility index (Phi) is 3.35. The largest absolute Gasteiger partial charge is 0.394 e. The van der Waals surface area contributed by atoms with Gasteiger partial charge in [0.2, 0.25) is 0 Å². The Labute approximate surface area is 102 Å². The maximum absolute atomic E-state index is 9.53. The summed E-state index contributed by atoms with van der Waals surface area (Å²) in [5, 5.41) is 21.8. The fourth-order valence-electron chi connectivity index (χ4n) is 2.55. The highest BCUT2D eigenvalue weighted by Crippen LogP contribution is 2.33. The molecule has 3 nitrogen and oxygen atoms in total. The molecule has 0 radical (unpaired) electrons. The van der Waals surface area contributed by atoms with Crippen LogP contribution in [-0.4, -0.2) is 17.3 Å². The summed E-state index contributed by atoms with van der Waals surface area (Å²) in [5.41, 5.74) is 2.53. The summed E-state index contributed by atoms with van der Waals surface area (Å²) < 4.78 is 0. The first-order chi connectivity index (χ1) is 8.19. The molecule has 0 heterocycles. The molecular formula is C14H18N2O. The van der Waals surface area contributed by atoms with Crippen molar-refractivity contribution < 1.29 is 5.11 Å². The number of nitriles is 1. The summed E-state index contributed by atoms with van der Waals surface area (Å²) in [7, 11) is 0. The highest BCUT2D eigenvalue weighted by Gasteiger charge is 2.32. The topological polar surface area (TPSA) is 56.0 Å². The molecule has 0 bridgehead atoms. The number of hydrogen-bond donors (Lipinski definition) is 2. The molecule has 2 rings (SSSR count). The van der Waals surface area contributed by atoms with E-state index in [1.165, 1.54) is 12.8 Å². The van der Waals surface area contributed by atoms with Crippen LogP contribution in [-0.2, 0) is 0 Å². The second kappa shape index (κ2) is 4.77. The molecule has 0 spiro atoms. The van der Waals surface area contributed by atoms with Crippen molar-refractivity contribution in [2.24, 2.45) is 0 Å². The number of nitrogens with one attached hydrogen (secondary N) is 1. The van der Waals surface area contributed by atoms with E-state index in [1.54, 1.807) is 0 Å². The first kappa shape index (κ1) is 11.9. The Morgan fingerprint density at radius 3 is 2.65 bits per heavy atom. The fourth-order valence-corrected chi connectivity index (χ4v) is 2.55. The van der Waals surface area contributed by atoms with Crippen LogP contribution in [0.4, 0.5) is 5.69 Å².